The summed E-state index contributed by atoms with van der Waals surface area (Å²) in [7, 11) is 0. The van der Waals surface area contributed by atoms with E-state index in [1.165, 1.54) is 42.7 Å². The van der Waals surface area contributed by atoms with Gasteiger partial charge in [0.05, 0.1) is 67.8 Å². The van der Waals surface area contributed by atoms with Gasteiger partial charge < -0.3 is 76.3 Å². The van der Waals surface area contributed by atoms with E-state index in [4.69, 9.17) is 41.5 Å². The van der Waals surface area contributed by atoms with E-state index in [0.717, 1.165) is 42.8 Å². The number of rotatable bonds is 30. The Hall–Kier alpha value is -8.42. The largest absolute Gasteiger partial charge is 0.755 e. The average molecular weight is 1410 g/mol. The molecule has 2 heterocycles. The molecule has 0 aliphatic heterocycles. The number of furan rings is 2. The summed E-state index contributed by atoms with van der Waals surface area (Å²) in [5.74, 6) is 0.832. The second-order valence-corrected chi connectivity index (χ2v) is 22.1. The van der Waals surface area contributed by atoms with Crippen LogP contribution in [0.5, 0.6) is 23.0 Å². The summed E-state index contributed by atoms with van der Waals surface area (Å²) in [6.45, 7) is 13.4. The molecule has 0 saturated carbocycles. The van der Waals surface area contributed by atoms with Crippen LogP contribution in [0, 0.1) is 0 Å². The zero-order valence-corrected chi connectivity index (χ0v) is 56.7. The van der Waals surface area contributed by atoms with Crippen molar-refractivity contribution in [3.8, 4) is 23.0 Å². The molecule has 8 aromatic rings. The van der Waals surface area contributed by atoms with E-state index >= 15 is 0 Å². The normalized spacial score (nSPS) is 11.4. The maximum Gasteiger partial charge on any atom is 0.336 e. The average Bonchev–Trinajstić information content (AvgIpc) is 0.881. The van der Waals surface area contributed by atoms with Crippen LogP contribution in [-0.2, 0) is 70.7 Å². The quantitative estimate of drug-likeness (QED) is 0.0118. The predicted molar refractivity (Wildman–Crippen MR) is 365 cm³/mol. The first-order chi connectivity index (χ1) is 45.2. The molecule has 508 valence electrons. The van der Waals surface area contributed by atoms with Crippen molar-refractivity contribution in [3.63, 3.8) is 0 Å². The lowest BCUT2D eigenvalue weighted by molar-refractivity contribution is 0.0685. The van der Waals surface area contributed by atoms with Gasteiger partial charge in [-0.1, -0.05) is 114 Å². The molecule has 0 bridgehead atoms. The number of halogens is 2. The monoisotopic (exact) mass is 1410 g/mol. The van der Waals surface area contributed by atoms with Crippen LogP contribution in [0.25, 0.3) is 0 Å². The summed E-state index contributed by atoms with van der Waals surface area (Å²) in [5.41, 5.74) is 3.38. The highest BCUT2D eigenvalue weighted by Gasteiger charge is 2.19. The number of carbonyl (C=O) groups excluding carboxylic acids is 2. The van der Waals surface area contributed by atoms with Crippen LogP contribution in [0.2, 0.25) is 10.0 Å². The van der Waals surface area contributed by atoms with Crippen molar-refractivity contribution >= 4 is 127 Å². The summed E-state index contributed by atoms with van der Waals surface area (Å²) >= 11 is 1.73. The molecular formula is C64H72Cl2N6O18S4-4. The Morgan fingerprint density at radius 2 is 0.904 bits per heavy atom. The number of nitrogens with one attached hydrogen (secondary N) is 6. The molecule has 0 aliphatic rings. The maximum atomic E-state index is 11.3. The third kappa shape index (κ3) is 28.4. The number of anilines is 6. The number of carbonyl (C=O) groups is 4. The van der Waals surface area contributed by atoms with Gasteiger partial charge in [-0.25, -0.2) is 9.59 Å². The van der Waals surface area contributed by atoms with Crippen LogP contribution >= 0.6 is 23.2 Å². The number of aromatic carboxylic acids is 2. The molecule has 6 aromatic carbocycles. The number of aryl methyl sites for hydroxylation is 4. The molecule has 0 amide bonds. The van der Waals surface area contributed by atoms with E-state index in [-0.39, 0.29) is 49.7 Å². The Morgan fingerprint density at radius 1 is 0.500 bits per heavy atom. The number of hydrogen-bond acceptors (Lipinski definition) is 18. The fraction of sp³-hybridized carbons (Fsp3) is 0.250. The van der Waals surface area contributed by atoms with Crippen molar-refractivity contribution in [3.05, 3.63) is 201 Å². The summed E-state index contributed by atoms with van der Waals surface area (Å²) in [5, 5.41) is 25.2. The van der Waals surface area contributed by atoms with Crippen molar-refractivity contribution in [1.29, 1.82) is 0 Å². The first-order valence-corrected chi connectivity index (χ1v) is 34.1. The first-order valence-electron chi connectivity index (χ1n) is 29.0. The molecule has 0 spiro atoms. The van der Waals surface area contributed by atoms with Gasteiger partial charge in [0.2, 0.25) is 0 Å². The van der Waals surface area contributed by atoms with Gasteiger partial charge in [0.25, 0.3) is 0 Å². The summed E-state index contributed by atoms with van der Waals surface area (Å²) in [6, 6.07) is 36.4. The van der Waals surface area contributed by atoms with Crippen LogP contribution in [0.15, 0.2) is 155 Å². The molecule has 0 saturated heterocycles. The van der Waals surface area contributed by atoms with Gasteiger partial charge in [-0.15, -0.1) is 0 Å². The Kier molecular flexibility index (Phi) is 37.6. The third-order valence-corrected chi connectivity index (χ3v) is 14.4. The number of benzene rings is 6. The highest BCUT2D eigenvalue weighted by atomic mass is 35.5. The zero-order valence-electron chi connectivity index (χ0n) is 51.9. The summed E-state index contributed by atoms with van der Waals surface area (Å²) in [6.07, 6.45) is 10.4. The molecule has 4 atom stereocenters. The zero-order chi connectivity index (χ0) is 69.5. The van der Waals surface area contributed by atoms with E-state index in [0.29, 0.717) is 96.7 Å². The predicted octanol–water partition coefficient (Wildman–Crippen LogP) is 14.7. The minimum atomic E-state index is -2.62. The first kappa shape index (κ1) is 79.8. The lowest BCUT2D eigenvalue weighted by atomic mass is 10.0. The van der Waals surface area contributed by atoms with Crippen molar-refractivity contribution in [2.24, 2.45) is 0 Å². The number of carboxylic acids is 2. The van der Waals surface area contributed by atoms with Gasteiger partial charge in [0.1, 0.15) is 35.6 Å². The highest BCUT2D eigenvalue weighted by molar-refractivity contribution is 7.81. The molecule has 24 nitrogen and oxygen atoms in total. The Labute approximate surface area is 565 Å². The van der Waals surface area contributed by atoms with Crippen LogP contribution in [0.1, 0.15) is 131 Å². The minimum Gasteiger partial charge on any atom is -0.755 e. The van der Waals surface area contributed by atoms with Gasteiger partial charge in [-0.3, -0.25) is 26.4 Å². The lowest BCUT2D eigenvalue weighted by Crippen LogP contribution is -2.10. The minimum absolute atomic E-state index is 0.00101. The number of hydrogen-bond donors (Lipinski definition) is 8. The van der Waals surface area contributed by atoms with E-state index in [9.17, 15) is 64.4 Å². The fourth-order valence-corrected chi connectivity index (χ4v) is 9.98. The molecular weight excluding hydrogens is 1340 g/mol. The molecule has 0 radical (unpaired) electrons. The van der Waals surface area contributed by atoms with Gasteiger partial charge >= 0.3 is 11.9 Å². The fourth-order valence-electron chi connectivity index (χ4n) is 8.04. The molecule has 0 fully saturated rings. The van der Waals surface area contributed by atoms with E-state index < -0.39 is 57.0 Å². The Balaban J connectivity index is 0.000000322. The van der Waals surface area contributed by atoms with E-state index in [1.54, 1.807) is 73.0 Å². The maximum absolute atomic E-state index is 11.3. The number of aldehydes is 2. The van der Waals surface area contributed by atoms with Gasteiger partial charge in [-0.05, 0) is 134 Å². The lowest BCUT2D eigenvalue weighted by Gasteiger charge is -2.19. The number of para-hydroxylation sites is 2. The molecule has 94 heavy (non-hydrogen) atoms. The summed E-state index contributed by atoms with van der Waals surface area (Å²) < 4.78 is 118. The van der Waals surface area contributed by atoms with Crippen LogP contribution in [-0.4, -0.2) is 82.9 Å². The van der Waals surface area contributed by atoms with Gasteiger partial charge in [0, 0.05) is 82.1 Å². The number of unbranched alkanes of at least 4 members (excludes halogenated alkanes) is 2. The molecule has 2 aromatic heterocycles. The van der Waals surface area contributed by atoms with Crippen LogP contribution < -0.4 is 39.0 Å². The van der Waals surface area contributed by atoms with Crippen molar-refractivity contribution in [2.75, 3.05) is 42.6 Å². The second-order valence-electron chi connectivity index (χ2n) is 18.6. The van der Waals surface area contributed by atoms with Crippen molar-refractivity contribution in [1.82, 2.24) is 0 Å². The second kappa shape index (κ2) is 44.2. The Morgan fingerprint density at radius 3 is 1.31 bits per heavy atom. The summed E-state index contributed by atoms with van der Waals surface area (Å²) in [4.78, 5) is 44.9. The van der Waals surface area contributed by atoms with Crippen molar-refractivity contribution in [2.45, 2.75) is 92.9 Å². The molecule has 30 heteroatoms. The SMILES string of the molecule is CC.CC.CCCCNc1cc(C(=O)O)cc(NS(=O)[O-])c1Oc1ccccc1.CCCCNc1cc(C=O)cc(NS(=O)[O-])c1Oc1ccccc1.O=C(O)c1cc(NS(=O)[O-])c(Cl)cc1CCc1ccco1.O=Cc1cc(NS(=O)[O-])c(Cl)cc1CCc1ccco1. The van der Waals surface area contributed by atoms with Crippen LogP contribution in [0.4, 0.5) is 34.1 Å². The Bertz CT molecular complexity index is 3730. The van der Waals surface area contributed by atoms with Crippen molar-refractivity contribution < 1.29 is 82.7 Å². The molecule has 8 N–H and O–H groups in total. The number of carboxylic acid groups (broad SMARTS) is 2. The van der Waals surface area contributed by atoms with Crippen LogP contribution in [0.3, 0.4) is 0 Å². The van der Waals surface area contributed by atoms with E-state index in [2.05, 4.69) is 36.4 Å². The smallest absolute Gasteiger partial charge is 0.336 e. The molecule has 4 unspecified atom stereocenters. The van der Waals surface area contributed by atoms with Gasteiger partial charge in [-0.2, -0.15) is 0 Å². The highest BCUT2D eigenvalue weighted by Crippen LogP contribution is 2.40. The number of ether oxygens (including phenoxy) is 2. The van der Waals surface area contributed by atoms with Gasteiger partial charge in [0.15, 0.2) is 11.5 Å². The van der Waals surface area contributed by atoms with E-state index in [1.807, 2.05) is 65.0 Å². The standard InChI is InChI=1S/C17H20N2O5S.C17H20N2O4S.C13H12ClNO5S.C13H12ClNO4S.2C2H6/c1-2-3-9-18-14-10-12(17(20)21)11-15(19-25(22)23)16(14)24-13-7-5-4-6-8-13;1-2-3-9-18-15-10-13(12-20)11-16(19-24(21)22)17(15)23-14-7-5-4-6-8-14;14-11-6-8(3-4-9-2-1-5-20-9)10(13(16)17)7-12(11)15-21(18)19;14-12-6-9(3-4-11-2-1-5-19-11)10(8-16)7-13(12)15-20(17)18;2*1-2/h4-8,10-11,18-19H,2-3,9H2,1H3,(H,20,21)(H,22,23);4-8,10-12,18-19H,2-3,9H2,1H3,(H,21,22);1-2,5-7,15H,3-4H2,(H,16,17)(H,18,19);1-2,5-8,15H,3-4H2,(H,17,18);2*1-2H3/p-4. The topological polar surface area (TPSA) is 386 Å². The molecule has 8 rings (SSSR count). The third-order valence-electron chi connectivity index (χ3n) is 12.2. The molecule has 0 aliphatic carbocycles.